The van der Waals surface area contributed by atoms with Crippen LogP contribution < -0.4 is 5.73 Å². The molecule has 18 heavy (non-hydrogen) atoms. The maximum absolute atomic E-state index is 12.2. The summed E-state index contributed by atoms with van der Waals surface area (Å²) in [5.74, 6) is -0.755. The van der Waals surface area contributed by atoms with Gasteiger partial charge in [0.1, 0.15) is 0 Å². The number of carbonyl (C=O) groups is 2. The van der Waals surface area contributed by atoms with Crippen LogP contribution in [0.2, 0.25) is 0 Å². The van der Waals surface area contributed by atoms with Gasteiger partial charge in [0.15, 0.2) is 0 Å². The highest BCUT2D eigenvalue weighted by atomic mass is 19.4. The number of amides is 1. The Morgan fingerprint density at radius 2 is 1.67 bits per heavy atom. The maximum Gasteiger partial charge on any atom is 0.416 e. The Kier molecular flexibility index (Phi) is 5.61. The smallest absolute Gasteiger partial charge is 0.416 e. The zero-order valence-electron chi connectivity index (χ0n) is 9.07. The van der Waals surface area contributed by atoms with Crippen LogP contribution in [0.1, 0.15) is 11.1 Å². The molecule has 0 fully saturated rings. The summed E-state index contributed by atoms with van der Waals surface area (Å²) in [6.45, 7) is 3.11. The van der Waals surface area contributed by atoms with E-state index in [2.05, 4.69) is 6.58 Å². The summed E-state index contributed by atoms with van der Waals surface area (Å²) in [7, 11) is 0. The Labute approximate surface area is 101 Å². The van der Waals surface area contributed by atoms with Gasteiger partial charge in [0, 0.05) is 5.57 Å². The molecular formula is C11H10F3NO3. The maximum atomic E-state index is 12.2. The van der Waals surface area contributed by atoms with E-state index in [-0.39, 0.29) is 17.6 Å². The van der Waals surface area contributed by atoms with E-state index in [0.717, 1.165) is 24.3 Å². The van der Waals surface area contributed by atoms with Gasteiger partial charge in [0.25, 0.3) is 6.47 Å². The summed E-state index contributed by atoms with van der Waals surface area (Å²) in [4.78, 5) is 19.0. The molecule has 0 radical (unpaired) electrons. The highest BCUT2D eigenvalue weighted by Gasteiger charge is 2.30. The van der Waals surface area contributed by atoms with Gasteiger partial charge in [-0.1, -0.05) is 18.7 Å². The molecule has 98 valence electrons. The van der Waals surface area contributed by atoms with Crippen LogP contribution in [0.15, 0.2) is 30.8 Å². The summed E-state index contributed by atoms with van der Waals surface area (Å²) in [5, 5.41) is 6.89. The third kappa shape index (κ3) is 4.69. The van der Waals surface area contributed by atoms with Crippen LogP contribution in [0.5, 0.6) is 0 Å². The van der Waals surface area contributed by atoms with Crippen LogP contribution in [0, 0.1) is 0 Å². The molecule has 0 saturated heterocycles. The van der Waals surface area contributed by atoms with Crippen molar-refractivity contribution in [3.63, 3.8) is 0 Å². The molecular weight excluding hydrogens is 251 g/mol. The Morgan fingerprint density at radius 1 is 1.28 bits per heavy atom. The van der Waals surface area contributed by atoms with Gasteiger partial charge >= 0.3 is 6.18 Å². The predicted octanol–water partition coefficient (Wildman–Crippen LogP) is 1.90. The molecule has 0 unspecified atom stereocenters. The Morgan fingerprint density at radius 3 is 1.94 bits per heavy atom. The van der Waals surface area contributed by atoms with Crippen LogP contribution in [-0.2, 0) is 15.8 Å². The zero-order chi connectivity index (χ0) is 14.3. The van der Waals surface area contributed by atoms with Crippen molar-refractivity contribution >= 4 is 18.0 Å². The lowest BCUT2D eigenvalue weighted by molar-refractivity contribution is -0.137. The van der Waals surface area contributed by atoms with Gasteiger partial charge in [-0.3, -0.25) is 9.59 Å². The lowest BCUT2D eigenvalue weighted by atomic mass is 10.1. The van der Waals surface area contributed by atoms with Crippen molar-refractivity contribution in [1.29, 1.82) is 0 Å². The molecule has 0 aliphatic heterocycles. The molecule has 0 spiro atoms. The van der Waals surface area contributed by atoms with E-state index < -0.39 is 17.6 Å². The lowest BCUT2D eigenvalue weighted by Gasteiger charge is -2.07. The first kappa shape index (κ1) is 15.7. The monoisotopic (exact) mass is 261 g/mol. The van der Waals surface area contributed by atoms with E-state index in [1.165, 1.54) is 0 Å². The van der Waals surface area contributed by atoms with E-state index in [1.807, 2.05) is 0 Å². The average molecular weight is 261 g/mol. The number of nitrogens with two attached hydrogens (primary N) is 1. The second kappa shape index (κ2) is 6.43. The van der Waals surface area contributed by atoms with E-state index in [1.54, 1.807) is 0 Å². The van der Waals surface area contributed by atoms with Gasteiger partial charge in [0.05, 0.1) is 5.56 Å². The quantitative estimate of drug-likeness (QED) is 0.630. The third-order valence-electron chi connectivity index (χ3n) is 1.86. The normalized spacial score (nSPS) is 9.94. The number of carboxylic acid groups (broad SMARTS) is 1. The number of halogens is 3. The van der Waals surface area contributed by atoms with E-state index >= 15 is 0 Å². The Hall–Kier alpha value is -2.31. The second-order valence-corrected chi connectivity index (χ2v) is 3.02. The standard InChI is InChI=1S/C10H8F3NO.CH2O2/c1-6(9(14)15)7-2-4-8(5-3-7)10(11,12)13;2-1-3/h2-5H,1H2,(H2,14,15);1H,(H,2,3). The molecule has 0 aliphatic carbocycles. The second-order valence-electron chi connectivity index (χ2n) is 3.02. The summed E-state index contributed by atoms with van der Waals surface area (Å²) in [6, 6.07) is 4.08. The molecule has 0 saturated carbocycles. The van der Waals surface area contributed by atoms with Crippen LogP contribution in [0.25, 0.3) is 5.57 Å². The Balaban J connectivity index is 0.000000873. The number of carbonyl (C=O) groups excluding carboxylic acids is 1. The highest BCUT2D eigenvalue weighted by Crippen LogP contribution is 2.29. The molecule has 3 N–H and O–H groups in total. The summed E-state index contributed by atoms with van der Waals surface area (Å²) in [5.41, 5.74) is 4.43. The number of hydrogen-bond acceptors (Lipinski definition) is 2. The number of rotatable bonds is 2. The molecule has 1 aromatic carbocycles. The zero-order valence-corrected chi connectivity index (χ0v) is 9.07. The minimum Gasteiger partial charge on any atom is -0.483 e. The van der Waals surface area contributed by atoms with Gasteiger partial charge in [-0.2, -0.15) is 13.2 Å². The molecule has 1 rings (SSSR count). The van der Waals surface area contributed by atoms with Crippen molar-refractivity contribution in [1.82, 2.24) is 0 Å². The van der Waals surface area contributed by atoms with Gasteiger partial charge in [-0.25, -0.2) is 0 Å². The van der Waals surface area contributed by atoms with Gasteiger partial charge in [0.2, 0.25) is 5.91 Å². The lowest BCUT2D eigenvalue weighted by Crippen LogP contribution is -2.12. The first-order chi connectivity index (χ1) is 8.23. The molecule has 1 amide bonds. The van der Waals surface area contributed by atoms with Crippen molar-refractivity contribution in [3.8, 4) is 0 Å². The molecule has 0 aliphatic rings. The Bertz CT molecular complexity index is 438. The molecule has 0 atom stereocenters. The van der Waals surface area contributed by atoms with Crippen molar-refractivity contribution < 1.29 is 27.9 Å². The van der Waals surface area contributed by atoms with Gasteiger partial charge < -0.3 is 10.8 Å². The van der Waals surface area contributed by atoms with Crippen molar-refractivity contribution in [2.24, 2.45) is 5.73 Å². The summed E-state index contributed by atoms with van der Waals surface area (Å²) in [6.07, 6.45) is -4.38. The summed E-state index contributed by atoms with van der Waals surface area (Å²) >= 11 is 0. The van der Waals surface area contributed by atoms with E-state index in [9.17, 15) is 18.0 Å². The van der Waals surface area contributed by atoms with Crippen molar-refractivity contribution in [3.05, 3.63) is 42.0 Å². The van der Waals surface area contributed by atoms with Crippen LogP contribution >= 0.6 is 0 Å². The molecule has 0 aromatic heterocycles. The molecule has 7 heteroatoms. The van der Waals surface area contributed by atoms with Crippen molar-refractivity contribution in [2.75, 3.05) is 0 Å². The average Bonchev–Trinajstić information content (AvgIpc) is 2.28. The predicted molar refractivity (Wildman–Crippen MR) is 58.4 cm³/mol. The minimum absolute atomic E-state index is 0.0104. The SMILES string of the molecule is C=C(C(N)=O)c1ccc(C(F)(F)F)cc1.O=CO. The van der Waals surface area contributed by atoms with Gasteiger partial charge in [-0.15, -0.1) is 0 Å². The summed E-state index contributed by atoms with van der Waals surface area (Å²) < 4.78 is 36.5. The largest absolute Gasteiger partial charge is 0.483 e. The first-order valence-corrected chi connectivity index (χ1v) is 4.48. The van der Waals surface area contributed by atoms with Crippen molar-refractivity contribution in [2.45, 2.75) is 6.18 Å². The number of benzene rings is 1. The van der Waals surface area contributed by atoms with Crippen LogP contribution in [-0.4, -0.2) is 17.5 Å². The van der Waals surface area contributed by atoms with Crippen LogP contribution in [0.3, 0.4) is 0 Å². The third-order valence-corrected chi connectivity index (χ3v) is 1.86. The van der Waals surface area contributed by atoms with E-state index in [0.29, 0.717) is 0 Å². The fourth-order valence-electron chi connectivity index (χ4n) is 1.00. The molecule has 1 aromatic rings. The fourth-order valence-corrected chi connectivity index (χ4v) is 1.00. The van der Waals surface area contributed by atoms with E-state index in [4.69, 9.17) is 15.6 Å². The first-order valence-electron chi connectivity index (χ1n) is 4.48. The number of hydrogen-bond donors (Lipinski definition) is 2. The van der Waals surface area contributed by atoms with Gasteiger partial charge in [-0.05, 0) is 17.7 Å². The highest BCUT2D eigenvalue weighted by molar-refractivity contribution is 6.17. The fraction of sp³-hybridized carbons (Fsp3) is 0.0909. The molecule has 0 heterocycles. The topological polar surface area (TPSA) is 80.4 Å². The minimum atomic E-state index is -4.38. The number of primary amides is 1. The molecule has 4 nitrogen and oxygen atoms in total. The number of alkyl halides is 3. The van der Waals surface area contributed by atoms with Crippen LogP contribution in [0.4, 0.5) is 13.2 Å². The molecule has 0 bridgehead atoms.